The number of likely N-dealkylation sites (tertiary alicyclic amines) is 1. The maximum atomic E-state index is 14.5. The molecule has 3 aromatic rings. The lowest BCUT2D eigenvalue weighted by molar-refractivity contribution is 0.0724. The number of hydrogen-bond acceptors (Lipinski definition) is 7. The smallest absolute Gasteiger partial charge is 0.253 e. The quantitative estimate of drug-likeness (QED) is 0.413. The topological polar surface area (TPSA) is 116 Å². The van der Waals surface area contributed by atoms with Gasteiger partial charge in [-0.3, -0.25) is 9.52 Å². The molecule has 1 amide bonds. The number of anilines is 5. The third kappa shape index (κ3) is 6.37. The number of nitrogens with one attached hydrogen (secondary N) is 3. The van der Waals surface area contributed by atoms with Crippen LogP contribution in [0, 0.1) is 5.82 Å². The van der Waals surface area contributed by atoms with Crippen LogP contribution in [0.5, 0.6) is 0 Å². The van der Waals surface area contributed by atoms with Crippen molar-refractivity contribution in [2.75, 3.05) is 34.7 Å². The largest absolute Gasteiger partial charge is 0.339 e. The van der Waals surface area contributed by atoms with Gasteiger partial charge in [0.25, 0.3) is 5.91 Å². The Kier molecular flexibility index (Phi) is 7.37. The van der Waals surface area contributed by atoms with Gasteiger partial charge in [0, 0.05) is 18.7 Å². The van der Waals surface area contributed by atoms with Gasteiger partial charge in [-0.1, -0.05) is 23.7 Å². The average molecular weight is 519 g/mol. The second-order valence-corrected chi connectivity index (χ2v) is 10.3. The summed E-state index contributed by atoms with van der Waals surface area (Å²) in [7, 11) is -3.52. The molecule has 0 spiro atoms. The Morgan fingerprint density at radius 3 is 2.46 bits per heavy atom. The molecule has 1 fully saturated rings. The fourth-order valence-electron chi connectivity index (χ4n) is 3.68. The van der Waals surface area contributed by atoms with Gasteiger partial charge in [-0.25, -0.2) is 17.8 Å². The van der Waals surface area contributed by atoms with Gasteiger partial charge in [-0.2, -0.15) is 4.98 Å². The molecule has 1 aliphatic heterocycles. The van der Waals surface area contributed by atoms with Crippen molar-refractivity contribution in [2.24, 2.45) is 0 Å². The third-order valence-corrected chi connectivity index (χ3v) is 6.19. The molecule has 0 radical (unpaired) electrons. The summed E-state index contributed by atoms with van der Waals surface area (Å²) in [6, 6.07) is 10.7. The highest BCUT2D eigenvalue weighted by Crippen LogP contribution is 2.30. The van der Waals surface area contributed by atoms with E-state index in [1.807, 2.05) is 0 Å². The number of carbonyl (C=O) groups excluding carboxylic acids is 1. The Balaban J connectivity index is 1.57. The SMILES string of the molecule is CS(=O)(=O)Nc1ccccc1Nc1nc(Nc2cc(C(=O)N3CCCCC3)ccc2F)ncc1Cl. The third-order valence-electron chi connectivity index (χ3n) is 5.32. The summed E-state index contributed by atoms with van der Waals surface area (Å²) >= 11 is 6.24. The molecule has 0 saturated carbocycles. The van der Waals surface area contributed by atoms with Gasteiger partial charge in [0.1, 0.15) is 10.8 Å². The summed E-state index contributed by atoms with van der Waals surface area (Å²) in [5.74, 6) is -0.516. The van der Waals surface area contributed by atoms with Crippen LogP contribution in [0.25, 0.3) is 0 Å². The number of carbonyl (C=O) groups is 1. The van der Waals surface area contributed by atoms with Gasteiger partial charge in [0.15, 0.2) is 5.82 Å². The van der Waals surface area contributed by atoms with E-state index in [0.717, 1.165) is 25.5 Å². The molecule has 1 aliphatic rings. The number of rotatable bonds is 7. The first-order valence-corrected chi connectivity index (χ1v) is 13.2. The molecule has 1 saturated heterocycles. The van der Waals surface area contributed by atoms with Gasteiger partial charge < -0.3 is 15.5 Å². The lowest BCUT2D eigenvalue weighted by Crippen LogP contribution is -2.35. The molecular weight excluding hydrogens is 495 g/mol. The van der Waals surface area contributed by atoms with E-state index >= 15 is 0 Å². The molecule has 3 N–H and O–H groups in total. The monoisotopic (exact) mass is 518 g/mol. The molecule has 1 aromatic heterocycles. The first-order valence-electron chi connectivity index (χ1n) is 10.9. The summed E-state index contributed by atoms with van der Waals surface area (Å²) in [6.07, 6.45) is 5.37. The second kappa shape index (κ2) is 10.4. The maximum Gasteiger partial charge on any atom is 0.253 e. The lowest BCUT2D eigenvalue weighted by atomic mass is 10.1. The number of benzene rings is 2. The zero-order valence-corrected chi connectivity index (χ0v) is 20.5. The molecule has 0 bridgehead atoms. The van der Waals surface area contributed by atoms with E-state index in [-0.39, 0.29) is 28.4 Å². The molecular formula is C23H24ClFN6O3S. The number of aromatic nitrogens is 2. The number of para-hydroxylation sites is 2. The molecule has 2 aromatic carbocycles. The van der Waals surface area contributed by atoms with Crippen LogP contribution in [-0.4, -0.2) is 48.5 Å². The number of sulfonamides is 1. The van der Waals surface area contributed by atoms with Crippen LogP contribution in [0.2, 0.25) is 5.02 Å². The van der Waals surface area contributed by atoms with E-state index in [0.29, 0.717) is 30.0 Å². The molecule has 0 atom stereocenters. The van der Waals surface area contributed by atoms with E-state index in [1.54, 1.807) is 29.2 Å². The highest BCUT2D eigenvalue weighted by Gasteiger charge is 2.20. The van der Waals surface area contributed by atoms with Gasteiger partial charge in [0.05, 0.1) is 29.5 Å². The summed E-state index contributed by atoms with van der Waals surface area (Å²) in [5, 5.41) is 5.94. The van der Waals surface area contributed by atoms with Crippen LogP contribution >= 0.6 is 11.6 Å². The highest BCUT2D eigenvalue weighted by atomic mass is 35.5. The molecule has 12 heteroatoms. The van der Waals surface area contributed by atoms with Crippen LogP contribution in [-0.2, 0) is 10.0 Å². The van der Waals surface area contributed by atoms with Crippen LogP contribution in [0.15, 0.2) is 48.7 Å². The fraction of sp³-hybridized carbons (Fsp3) is 0.261. The predicted molar refractivity (Wildman–Crippen MR) is 135 cm³/mol. The molecule has 0 aliphatic carbocycles. The van der Waals surface area contributed by atoms with Gasteiger partial charge in [-0.15, -0.1) is 0 Å². The number of hydrogen-bond donors (Lipinski definition) is 3. The summed E-state index contributed by atoms with van der Waals surface area (Å²) in [4.78, 5) is 23.0. The van der Waals surface area contributed by atoms with Crippen LogP contribution < -0.4 is 15.4 Å². The van der Waals surface area contributed by atoms with E-state index in [9.17, 15) is 17.6 Å². The molecule has 2 heterocycles. The Bertz CT molecular complexity index is 1350. The average Bonchev–Trinajstić information content (AvgIpc) is 2.83. The number of amides is 1. The fourth-order valence-corrected chi connectivity index (χ4v) is 4.39. The van der Waals surface area contributed by atoms with Crippen LogP contribution in [0.4, 0.5) is 33.2 Å². The number of halogens is 2. The number of nitrogens with zero attached hydrogens (tertiary/aromatic N) is 3. The number of piperidine rings is 1. The van der Waals surface area contributed by atoms with Gasteiger partial charge in [0.2, 0.25) is 16.0 Å². The van der Waals surface area contributed by atoms with Crippen molar-refractivity contribution in [3.8, 4) is 0 Å². The van der Waals surface area contributed by atoms with Crippen LogP contribution in [0.3, 0.4) is 0 Å². The minimum atomic E-state index is -3.52. The Hall–Kier alpha value is -3.44. The first-order chi connectivity index (χ1) is 16.7. The van der Waals surface area contributed by atoms with Crippen molar-refractivity contribution in [3.05, 3.63) is 65.1 Å². The maximum absolute atomic E-state index is 14.5. The van der Waals surface area contributed by atoms with E-state index in [4.69, 9.17) is 11.6 Å². The van der Waals surface area contributed by atoms with Gasteiger partial charge in [-0.05, 0) is 49.6 Å². The zero-order chi connectivity index (χ0) is 25.0. The van der Waals surface area contributed by atoms with Crippen molar-refractivity contribution in [3.63, 3.8) is 0 Å². The normalized spacial score (nSPS) is 13.9. The summed E-state index contributed by atoms with van der Waals surface area (Å²) in [6.45, 7) is 1.37. The Morgan fingerprint density at radius 2 is 1.74 bits per heavy atom. The van der Waals surface area contributed by atoms with E-state index in [2.05, 4.69) is 25.3 Å². The molecule has 9 nitrogen and oxygen atoms in total. The minimum Gasteiger partial charge on any atom is -0.339 e. The minimum absolute atomic E-state index is 0.0342. The zero-order valence-electron chi connectivity index (χ0n) is 18.9. The Labute approximate surface area is 207 Å². The Morgan fingerprint density at radius 1 is 1.03 bits per heavy atom. The highest BCUT2D eigenvalue weighted by molar-refractivity contribution is 7.92. The molecule has 35 heavy (non-hydrogen) atoms. The predicted octanol–water partition coefficient (Wildman–Crippen LogP) is 4.75. The van der Waals surface area contributed by atoms with Gasteiger partial charge >= 0.3 is 0 Å². The van der Waals surface area contributed by atoms with Crippen molar-refractivity contribution >= 4 is 56.4 Å². The van der Waals surface area contributed by atoms with Crippen molar-refractivity contribution in [2.45, 2.75) is 19.3 Å². The van der Waals surface area contributed by atoms with Crippen LogP contribution in [0.1, 0.15) is 29.6 Å². The second-order valence-electron chi connectivity index (χ2n) is 8.11. The first kappa shape index (κ1) is 24.7. The molecule has 0 unspecified atom stereocenters. The van der Waals surface area contributed by atoms with E-state index in [1.165, 1.54) is 24.4 Å². The van der Waals surface area contributed by atoms with E-state index < -0.39 is 15.8 Å². The van der Waals surface area contributed by atoms with Crippen molar-refractivity contribution in [1.82, 2.24) is 14.9 Å². The molecule has 184 valence electrons. The van der Waals surface area contributed by atoms with Crippen molar-refractivity contribution in [1.29, 1.82) is 0 Å². The summed E-state index contributed by atoms with van der Waals surface area (Å²) in [5.41, 5.74) is 1.11. The molecule has 4 rings (SSSR count). The summed E-state index contributed by atoms with van der Waals surface area (Å²) < 4.78 is 40.3. The standard InChI is InChI=1S/C23H24ClFN6O3S/c1-35(33,34)30-19-8-4-3-7-18(19)27-21-16(24)14-26-23(29-21)28-20-13-15(9-10-17(20)25)22(32)31-11-5-2-6-12-31/h3-4,7-10,13-14,30H,2,5-6,11-12H2,1H3,(H2,26,27,28,29). The lowest BCUT2D eigenvalue weighted by Gasteiger charge is -2.26. The van der Waals surface area contributed by atoms with Crippen molar-refractivity contribution < 1.29 is 17.6 Å².